The van der Waals surface area contributed by atoms with E-state index < -0.39 is 36.4 Å². The topological polar surface area (TPSA) is 181 Å². The number of aliphatic carboxylic acids is 3. The van der Waals surface area contributed by atoms with Crippen LogP contribution in [0.15, 0.2) is 17.6 Å². The number of thioether (sulfide) groups is 1. The molecule has 2 aliphatic rings. The molecular weight excluding hydrogens is 504 g/mol. The summed E-state index contributed by atoms with van der Waals surface area (Å²) in [6.45, 7) is 5.28. The van der Waals surface area contributed by atoms with Gasteiger partial charge in [-0.25, -0.2) is 14.8 Å². The quantitative estimate of drug-likeness (QED) is 0.236. The first-order valence-electron chi connectivity index (χ1n) is 12.4. The van der Waals surface area contributed by atoms with Crippen LogP contribution in [0.4, 0.5) is 0 Å². The third-order valence-electron chi connectivity index (χ3n) is 6.16. The van der Waals surface area contributed by atoms with Gasteiger partial charge in [0.25, 0.3) is 0 Å². The minimum atomic E-state index is -2.74. The minimum Gasteiger partial charge on any atom is -0.481 e. The third-order valence-corrected chi connectivity index (χ3v) is 7.24. The molecule has 0 unspecified atom stereocenters. The Kier molecular flexibility index (Phi) is 12.2. The highest BCUT2D eigenvalue weighted by Gasteiger charge is 2.40. The molecule has 1 amide bonds. The minimum absolute atomic E-state index is 0.296. The molecule has 206 valence electrons. The van der Waals surface area contributed by atoms with Crippen molar-refractivity contribution in [2.75, 3.05) is 25.4 Å². The van der Waals surface area contributed by atoms with Crippen LogP contribution in [0, 0.1) is 0 Å². The molecule has 37 heavy (non-hydrogen) atoms. The molecule has 0 radical (unpaired) electrons. The van der Waals surface area contributed by atoms with Crippen molar-refractivity contribution in [3.63, 3.8) is 0 Å². The van der Waals surface area contributed by atoms with E-state index in [0.29, 0.717) is 18.5 Å². The first-order valence-corrected chi connectivity index (χ1v) is 13.4. The molecule has 0 atom stereocenters. The van der Waals surface area contributed by atoms with Gasteiger partial charge >= 0.3 is 17.9 Å². The van der Waals surface area contributed by atoms with Crippen LogP contribution in [0.1, 0.15) is 63.9 Å². The normalized spacial score (nSPS) is 17.1. The van der Waals surface area contributed by atoms with Crippen LogP contribution in [0.2, 0.25) is 0 Å². The smallest absolute Gasteiger partial charge is 0.336 e. The number of nitrogens with zero attached hydrogens (tertiary/aromatic N) is 4. The van der Waals surface area contributed by atoms with Crippen molar-refractivity contribution in [1.82, 2.24) is 19.8 Å². The van der Waals surface area contributed by atoms with Crippen molar-refractivity contribution >= 4 is 35.6 Å². The maximum atomic E-state index is 12.5. The molecule has 2 heterocycles. The Bertz CT molecular complexity index is 908. The number of aromatic nitrogens is 2. The summed E-state index contributed by atoms with van der Waals surface area (Å²) >= 11 is 1.70. The number of hydrogen-bond acceptors (Lipinski definition) is 9. The Morgan fingerprint density at radius 1 is 1.03 bits per heavy atom. The fourth-order valence-electron chi connectivity index (χ4n) is 4.31. The lowest BCUT2D eigenvalue weighted by Crippen LogP contribution is -2.54. The monoisotopic (exact) mass is 540 g/mol. The molecule has 0 aromatic carbocycles. The number of aliphatic hydroxyl groups is 1. The number of amides is 1. The summed E-state index contributed by atoms with van der Waals surface area (Å²) in [6, 6.07) is 0.492. The molecule has 1 aliphatic heterocycles. The number of piperazine rings is 1. The lowest BCUT2D eigenvalue weighted by atomic mass is 9.93. The first kappa shape index (κ1) is 30.5. The van der Waals surface area contributed by atoms with Crippen molar-refractivity contribution in [2.45, 2.75) is 81.6 Å². The van der Waals surface area contributed by atoms with Crippen molar-refractivity contribution < 1.29 is 39.6 Å². The zero-order chi connectivity index (χ0) is 27.4. The van der Waals surface area contributed by atoms with Crippen LogP contribution in [0.5, 0.6) is 0 Å². The number of rotatable bonds is 11. The average Bonchev–Trinajstić information content (AvgIpc) is 2.83. The fourth-order valence-corrected chi connectivity index (χ4v) is 4.95. The van der Waals surface area contributed by atoms with Crippen molar-refractivity contribution in [1.29, 1.82) is 0 Å². The van der Waals surface area contributed by atoms with Gasteiger partial charge in [0, 0.05) is 49.4 Å². The number of carboxylic acids is 3. The number of carbonyl (C=O) groups excluding carboxylic acids is 1. The van der Waals surface area contributed by atoms with Crippen LogP contribution in [-0.4, -0.2) is 101 Å². The van der Waals surface area contributed by atoms with Gasteiger partial charge in [-0.15, -0.1) is 0 Å². The van der Waals surface area contributed by atoms with Crippen LogP contribution >= 0.6 is 11.8 Å². The summed E-state index contributed by atoms with van der Waals surface area (Å²) in [7, 11) is 0. The molecule has 1 aliphatic carbocycles. The Morgan fingerprint density at radius 3 is 2.11 bits per heavy atom. The van der Waals surface area contributed by atoms with E-state index in [-0.39, 0.29) is 0 Å². The SMILES string of the molecule is CCCSc1ncc(CN2CCN(C3CCCCC3)C(=O)C2)cn1.O=C(O)CC(O)(CC(=O)O)C(=O)O. The number of carboxylic acid groups (broad SMARTS) is 3. The zero-order valence-electron chi connectivity index (χ0n) is 21.0. The van der Waals surface area contributed by atoms with E-state index in [4.69, 9.17) is 20.4 Å². The van der Waals surface area contributed by atoms with E-state index in [9.17, 15) is 19.2 Å². The largest absolute Gasteiger partial charge is 0.481 e. The molecule has 3 rings (SSSR count). The van der Waals surface area contributed by atoms with E-state index in [1.54, 1.807) is 11.8 Å². The van der Waals surface area contributed by atoms with Crippen molar-refractivity contribution in [3.8, 4) is 0 Å². The summed E-state index contributed by atoms with van der Waals surface area (Å²) in [5.41, 5.74) is -1.65. The highest BCUT2D eigenvalue weighted by atomic mass is 32.2. The van der Waals surface area contributed by atoms with Gasteiger partial charge in [-0.2, -0.15) is 0 Å². The molecule has 12 nitrogen and oxygen atoms in total. The second-order valence-electron chi connectivity index (χ2n) is 9.29. The van der Waals surface area contributed by atoms with Gasteiger partial charge in [0.15, 0.2) is 10.8 Å². The highest BCUT2D eigenvalue weighted by Crippen LogP contribution is 2.24. The predicted octanol–water partition coefficient (Wildman–Crippen LogP) is 1.71. The molecule has 1 aromatic heterocycles. The molecule has 0 bridgehead atoms. The Labute approximate surface area is 220 Å². The standard InChI is InChI=1S/C18H28N4OS.C6H8O7/c1-2-10-24-18-19-11-15(12-20-18)13-21-8-9-22(17(23)14-21)16-6-4-3-5-7-16;7-3(8)1-6(13,5(11)12)2-4(9)10/h11-12,16H,2-10,13-14H2,1H3;13H,1-2H2,(H,7,8)(H,9,10)(H,11,12). The molecular formula is C24H36N4O8S. The molecule has 1 saturated heterocycles. The van der Waals surface area contributed by atoms with Crippen LogP contribution in [-0.2, 0) is 25.7 Å². The maximum absolute atomic E-state index is 12.5. The summed E-state index contributed by atoms with van der Waals surface area (Å²) < 4.78 is 0. The number of carbonyl (C=O) groups is 4. The summed E-state index contributed by atoms with van der Waals surface area (Å²) in [5, 5.41) is 34.7. The molecule has 1 aromatic rings. The first-order chi connectivity index (χ1) is 17.5. The molecule has 1 saturated carbocycles. The second kappa shape index (κ2) is 14.8. The van der Waals surface area contributed by atoms with Crippen LogP contribution in [0.3, 0.4) is 0 Å². The van der Waals surface area contributed by atoms with E-state index >= 15 is 0 Å². The van der Waals surface area contributed by atoms with E-state index in [1.165, 1.54) is 32.1 Å². The molecule has 2 fully saturated rings. The predicted molar refractivity (Wildman–Crippen MR) is 134 cm³/mol. The summed E-state index contributed by atoms with van der Waals surface area (Å²) in [4.78, 5) is 56.2. The zero-order valence-corrected chi connectivity index (χ0v) is 21.9. The Hall–Kier alpha value is -2.77. The molecule has 4 N–H and O–H groups in total. The van der Waals surface area contributed by atoms with Crippen molar-refractivity contribution in [3.05, 3.63) is 18.0 Å². The molecule has 0 spiro atoms. The van der Waals surface area contributed by atoms with Gasteiger partial charge in [-0.05, 0) is 19.3 Å². The molecule has 13 heteroatoms. The van der Waals surface area contributed by atoms with Crippen molar-refractivity contribution in [2.24, 2.45) is 0 Å². The van der Waals surface area contributed by atoms with Gasteiger partial charge in [0.05, 0.1) is 19.4 Å². The van der Waals surface area contributed by atoms with E-state index in [2.05, 4.69) is 26.7 Å². The average molecular weight is 541 g/mol. The van der Waals surface area contributed by atoms with E-state index in [1.807, 2.05) is 12.4 Å². The van der Waals surface area contributed by atoms with Gasteiger partial charge in [-0.1, -0.05) is 37.9 Å². The Balaban J connectivity index is 0.000000317. The van der Waals surface area contributed by atoms with Crippen LogP contribution in [0.25, 0.3) is 0 Å². The van der Waals surface area contributed by atoms with Gasteiger partial charge < -0.3 is 25.3 Å². The van der Waals surface area contributed by atoms with Gasteiger partial charge in [0.2, 0.25) is 5.91 Å². The number of hydrogen-bond donors (Lipinski definition) is 4. The maximum Gasteiger partial charge on any atom is 0.336 e. The second-order valence-corrected chi connectivity index (χ2v) is 10.4. The lowest BCUT2D eigenvalue weighted by molar-refractivity contribution is -0.170. The highest BCUT2D eigenvalue weighted by molar-refractivity contribution is 7.99. The lowest BCUT2D eigenvalue weighted by Gasteiger charge is -2.40. The van der Waals surface area contributed by atoms with E-state index in [0.717, 1.165) is 42.5 Å². The third kappa shape index (κ3) is 10.3. The van der Waals surface area contributed by atoms with Gasteiger partial charge in [-0.3, -0.25) is 19.3 Å². The summed E-state index contributed by atoms with van der Waals surface area (Å²) in [5.74, 6) is -3.67. The summed E-state index contributed by atoms with van der Waals surface area (Å²) in [6.07, 6.45) is 8.91. The van der Waals surface area contributed by atoms with Gasteiger partial charge in [0.1, 0.15) is 0 Å². The Morgan fingerprint density at radius 2 is 1.62 bits per heavy atom. The fraction of sp³-hybridized carbons (Fsp3) is 0.667. The van der Waals surface area contributed by atoms with Crippen LogP contribution < -0.4 is 0 Å².